The van der Waals surface area contributed by atoms with Crippen molar-refractivity contribution < 1.29 is 14.3 Å². The van der Waals surface area contributed by atoms with E-state index in [4.69, 9.17) is 21.1 Å². The molecule has 166 valence electrons. The Balaban J connectivity index is 1.63. The highest BCUT2D eigenvalue weighted by atomic mass is 79.9. The van der Waals surface area contributed by atoms with Crippen molar-refractivity contribution in [1.82, 2.24) is 5.43 Å². The maximum Gasteiger partial charge on any atom is 0.339 e. The molecule has 3 aromatic rings. The maximum atomic E-state index is 12.1. The molecule has 0 saturated heterocycles. The molecule has 0 aliphatic carbocycles. The number of carbonyl (C=O) groups is 1. The lowest BCUT2D eigenvalue weighted by Crippen LogP contribution is -2.24. The summed E-state index contributed by atoms with van der Waals surface area (Å²) in [7, 11) is 1.54. The van der Waals surface area contributed by atoms with Crippen molar-refractivity contribution in [2.24, 2.45) is 5.10 Å². The summed E-state index contributed by atoms with van der Waals surface area (Å²) < 4.78 is 12.3. The van der Waals surface area contributed by atoms with Crippen LogP contribution in [0.15, 0.2) is 64.2 Å². The maximum absolute atomic E-state index is 12.1. The second-order valence-corrected chi connectivity index (χ2v) is 8.36. The number of methoxy groups -OCH3 is 1. The predicted octanol–water partition coefficient (Wildman–Crippen LogP) is 6.46. The van der Waals surface area contributed by atoms with Crippen LogP contribution in [-0.4, -0.2) is 19.4 Å². The number of rotatable bonds is 7. The number of nitrogens with zero attached hydrogens (tertiary/aromatic N) is 1. The first-order chi connectivity index (χ1) is 15.4. The monoisotopic (exact) mass is 515 g/mol. The summed E-state index contributed by atoms with van der Waals surface area (Å²) in [5.41, 5.74) is 6.94. The number of urea groups is 1. The number of benzene rings is 3. The Morgan fingerprint density at radius 3 is 2.69 bits per heavy atom. The number of ether oxygens (including phenoxy) is 2. The standard InChI is InChI=1S/C24H23BrClN3O3/c1-15-5-4-6-17(9-15)14-32-23-21(26)11-18(12-22(23)31-3)13-27-29-24(30)28-19-7-8-20(25)16(2)10-19/h4-13H,14H2,1-3H3,(H2,28,29,30)/b27-13+. The lowest BCUT2D eigenvalue weighted by atomic mass is 10.1. The second kappa shape index (κ2) is 11.0. The van der Waals surface area contributed by atoms with E-state index in [1.54, 1.807) is 18.2 Å². The van der Waals surface area contributed by atoms with Gasteiger partial charge in [-0.3, -0.25) is 0 Å². The number of halogens is 2. The first-order valence-corrected chi connectivity index (χ1v) is 10.9. The molecule has 0 unspecified atom stereocenters. The third kappa shape index (κ3) is 6.48. The Kier molecular flexibility index (Phi) is 8.14. The van der Waals surface area contributed by atoms with Gasteiger partial charge in [0.2, 0.25) is 0 Å². The van der Waals surface area contributed by atoms with E-state index in [2.05, 4.69) is 31.8 Å². The predicted molar refractivity (Wildman–Crippen MR) is 132 cm³/mol. The summed E-state index contributed by atoms with van der Waals surface area (Å²) >= 11 is 9.85. The van der Waals surface area contributed by atoms with Gasteiger partial charge in [-0.1, -0.05) is 57.4 Å². The Morgan fingerprint density at radius 1 is 1.16 bits per heavy atom. The van der Waals surface area contributed by atoms with Crippen LogP contribution in [0, 0.1) is 13.8 Å². The Morgan fingerprint density at radius 2 is 1.97 bits per heavy atom. The van der Waals surface area contributed by atoms with Crippen LogP contribution < -0.4 is 20.2 Å². The van der Waals surface area contributed by atoms with Crippen molar-refractivity contribution in [2.45, 2.75) is 20.5 Å². The molecule has 0 fully saturated rings. The van der Waals surface area contributed by atoms with Gasteiger partial charge in [-0.15, -0.1) is 0 Å². The van der Waals surface area contributed by atoms with Gasteiger partial charge < -0.3 is 14.8 Å². The number of nitrogens with one attached hydrogen (secondary N) is 2. The lowest BCUT2D eigenvalue weighted by molar-refractivity contribution is 0.252. The molecule has 32 heavy (non-hydrogen) atoms. The van der Waals surface area contributed by atoms with Crippen LogP contribution in [0.25, 0.3) is 0 Å². The van der Waals surface area contributed by atoms with Gasteiger partial charge in [0.1, 0.15) is 6.61 Å². The van der Waals surface area contributed by atoms with Crippen LogP contribution in [0.5, 0.6) is 11.5 Å². The minimum absolute atomic E-state index is 0.364. The van der Waals surface area contributed by atoms with Crippen molar-refractivity contribution in [2.75, 3.05) is 12.4 Å². The second-order valence-electron chi connectivity index (χ2n) is 7.10. The molecular formula is C24H23BrClN3O3. The molecule has 6 nitrogen and oxygen atoms in total. The van der Waals surface area contributed by atoms with E-state index < -0.39 is 6.03 Å². The van der Waals surface area contributed by atoms with Gasteiger partial charge in [0.05, 0.1) is 18.3 Å². The number of hydrogen-bond acceptors (Lipinski definition) is 4. The molecule has 0 heterocycles. The van der Waals surface area contributed by atoms with Gasteiger partial charge in [-0.05, 0) is 60.9 Å². The fourth-order valence-corrected chi connectivity index (χ4v) is 3.48. The normalized spacial score (nSPS) is 10.8. The summed E-state index contributed by atoms with van der Waals surface area (Å²) in [4.78, 5) is 12.1. The summed E-state index contributed by atoms with van der Waals surface area (Å²) in [6, 6.07) is 16.5. The fourth-order valence-electron chi connectivity index (χ4n) is 2.96. The molecular weight excluding hydrogens is 494 g/mol. The van der Waals surface area contributed by atoms with Crippen LogP contribution in [-0.2, 0) is 6.61 Å². The number of anilines is 1. The number of aryl methyl sites for hydroxylation is 2. The molecule has 0 bridgehead atoms. The van der Waals surface area contributed by atoms with Crippen molar-refractivity contribution in [3.8, 4) is 11.5 Å². The molecule has 3 aromatic carbocycles. The van der Waals surface area contributed by atoms with Gasteiger partial charge in [0, 0.05) is 10.2 Å². The van der Waals surface area contributed by atoms with Gasteiger partial charge in [-0.2, -0.15) is 5.10 Å². The van der Waals surface area contributed by atoms with Gasteiger partial charge in [-0.25, -0.2) is 10.2 Å². The molecule has 2 amide bonds. The van der Waals surface area contributed by atoms with E-state index in [1.807, 2.05) is 50.2 Å². The number of carbonyl (C=O) groups excluding carboxylic acids is 1. The topological polar surface area (TPSA) is 72.0 Å². The molecule has 8 heteroatoms. The molecule has 2 N–H and O–H groups in total. The van der Waals surface area contributed by atoms with E-state index in [1.165, 1.54) is 13.3 Å². The van der Waals surface area contributed by atoms with E-state index in [9.17, 15) is 4.79 Å². The van der Waals surface area contributed by atoms with Crippen LogP contribution in [0.1, 0.15) is 22.3 Å². The minimum Gasteiger partial charge on any atom is -0.493 e. The Hall–Kier alpha value is -3.03. The molecule has 0 saturated carbocycles. The Labute approximate surface area is 200 Å². The third-order valence-electron chi connectivity index (χ3n) is 4.51. The zero-order valence-electron chi connectivity index (χ0n) is 17.9. The van der Waals surface area contributed by atoms with Gasteiger partial charge in [0.15, 0.2) is 11.5 Å². The van der Waals surface area contributed by atoms with E-state index in [0.717, 1.165) is 21.2 Å². The molecule has 0 aliphatic rings. The van der Waals surface area contributed by atoms with Crippen molar-refractivity contribution in [3.63, 3.8) is 0 Å². The van der Waals surface area contributed by atoms with Crippen LogP contribution in [0.4, 0.5) is 10.5 Å². The first-order valence-electron chi connectivity index (χ1n) is 9.78. The lowest BCUT2D eigenvalue weighted by Gasteiger charge is -2.13. The summed E-state index contributed by atoms with van der Waals surface area (Å²) in [6.07, 6.45) is 1.48. The Bertz CT molecular complexity index is 1150. The molecule has 0 radical (unpaired) electrons. The molecule has 0 atom stereocenters. The van der Waals surface area contributed by atoms with E-state index in [0.29, 0.717) is 34.4 Å². The zero-order valence-corrected chi connectivity index (χ0v) is 20.3. The highest BCUT2D eigenvalue weighted by Gasteiger charge is 2.12. The van der Waals surface area contributed by atoms with Crippen molar-refractivity contribution >= 4 is 45.5 Å². The van der Waals surface area contributed by atoms with E-state index in [-0.39, 0.29) is 0 Å². The fraction of sp³-hybridized carbons (Fsp3) is 0.167. The highest BCUT2D eigenvalue weighted by Crippen LogP contribution is 2.36. The quantitative estimate of drug-likeness (QED) is 0.279. The van der Waals surface area contributed by atoms with Crippen LogP contribution >= 0.6 is 27.5 Å². The van der Waals surface area contributed by atoms with Crippen molar-refractivity contribution in [1.29, 1.82) is 0 Å². The number of hydrogen-bond donors (Lipinski definition) is 2. The minimum atomic E-state index is -0.459. The molecule has 0 spiro atoms. The van der Waals surface area contributed by atoms with Gasteiger partial charge in [0.25, 0.3) is 0 Å². The molecule has 0 aliphatic heterocycles. The van der Waals surface area contributed by atoms with Crippen molar-refractivity contribution in [3.05, 3.63) is 86.3 Å². The third-order valence-corrected chi connectivity index (χ3v) is 5.68. The number of hydrazone groups is 1. The van der Waals surface area contributed by atoms with Crippen LogP contribution in [0.2, 0.25) is 5.02 Å². The smallest absolute Gasteiger partial charge is 0.339 e. The average Bonchev–Trinajstić information content (AvgIpc) is 2.75. The summed E-state index contributed by atoms with van der Waals surface area (Å²) in [5, 5.41) is 7.08. The summed E-state index contributed by atoms with van der Waals surface area (Å²) in [6.45, 7) is 4.33. The molecule has 3 rings (SSSR count). The summed E-state index contributed by atoms with van der Waals surface area (Å²) in [5.74, 6) is 0.922. The largest absolute Gasteiger partial charge is 0.493 e. The first kappa shape index (κ1) is 23.6. The van der Waals surface area contributed by atoms with Crippen LogP contribution in [0.3, 0.4) is 0 Å². The number of amides is 2. The zero-order chi connectivity index (χ0) is 23.1. The highest BCUT2D eigenvalue weighted by molar-refractivity contribution is 9.10. The van der Waals surface area contributed by atoms with E-state index >= 15 is 0 Å². The molecule has 0 aromatic heterocycles. The van der Waals surface area contributed by atoms with Gasteiger partial charge >= 0.3 is 6.03 Å². The average molecular weight is 517 g/mol. The SMILES string of the molecule is COc1cc(/C=N/NC(=O)Nc2ccc(Br)c(C)c2)cc(Cl)c1OCc1cccc(C)c1.